The van der Waals surface area contributed by atoms with Crippen LogP contribution in [0.2, 0.25) is 0 Å². The summed E-state index contributed by atoms with van der Waals surface area (Å²) in [6.07, 6.45) is 1.25. The van der Waals surface area contributed by atoms with Crippen molar-refractivity contribution < 1.29 is 17.9 Å². The number of imidazole rings is 2. The molecule has 0 fully saturated rings. The summed E-state index contributed by atoms with van der Waals surface area (Å²) in [4.78, 5) is 27.7. The van der Waals surface area contributed by atoms with Gasteiger partial charge in [0.15, 0.2) is 5.69 Å². The molecule has 0 radical (unpaired) electrons. The zero-order valence-corrected chi connectivity index (χ0v) is 18.7. The number of aromatic nitrogens is 6. The zero-order chi connectivity index (χ0) is 24.7. The second kappa shape index (κ2) is 8.42. The lowest BCUT2D eigenvalue weighted by Gasteiger charge is -2.09. The van der Waals surface area contributed by atoms with Crippen molar-refractivity contribution in [1.29, 1.82) is 0 Å². The van der Waals surface area contributed by atoms with Gasteiger partial charge in [-0.2, -0.15) is 13.2 Å². The van der Waals surface area contributed by atoms with E-state index >= 15 is 0 Å². The Morgan fingerprint density at radius 1 is 1.11 bits per heavy atom. The third-order valence-corrected chi connectivity index (χ3v) is 5.66. The van der Waals surface area contributed by atoms with Crippen LogP contribution >= 0.6 is 0 Å². The number of nitrogens with zero attached hydrogens (tertiary/aromatic N) is 5. The first-order valence-electron chi connectivity index (χ1n) is 10.5. The number of H-pyrrole nitrogens is 1. The molecule has 0 aliphatic carbocycles. The summed E-state index contributed by atoms with van der Waals surface area (Å²) in [7, 11) is 3.06. The first-order chi connectivity index (χ1) is 16.7. The predicted octanol–water partition coefficient (Wildman–Crippen LogP) is 4.26. The highest BCUT2D eigenvalue weighted by molar-refractivity contribution is 5.80. The van der Waals surface area contributed by atoms with Gasteiger partial charge in [0.25, 0.3) is 0 Å². The lowest BCUT2D eigenvalue weighted by atomic mass is 10.1. The number of benzene rings is 1. The summed E-state index contributed by atoms with van der Waals surface area (Å²) in [5.74, 6) is 0.762. The second-order valence-corrected chi connectivity index (χ2v) is 7.93. The van der Waals surface area contributed by atoms with Crippen molar-refractivity contribution in [2.24, 2.45) is 7.05 Å². The molecule has 0 saturated heterocycles. The number of aromatic amines is 1. The van der Waals surface area contributed by atoms with Crippen LogP contribution in [0.5, 0.6) is 5.75 Å². The van der Waals surface area contributed by atoms with Crippen LogP contribution in [0.3, 0.4) is 0 Å². The van der Waals surface area contributed by atoms with E-state index in [4.69, 9.17) is 4.74 Å². The zero-order valence-electron chi connectivity index (χ0n) is 18.7. The molecule has 4 heterocycles. The number of alkyl halides is 3. The smallest absolute Gasteiger partial charge is 0.434 e. The summed E-state index contributed by atoms with van der Waals surface area (Å²) in [5.41, 5.74) is 2.68. The van der Waals surface area contributed by atoms with Gasteiger partial charge in [0.05, 0.1) is 42.8 Å². The molecule has 0 spiro atoms. The number of halogens is 3. The van der Waals surface area contributed by atoms with Crippen molar-refractivity contribution >= 4 is 11.0 Å². The van der Waals surface area contributed by atoms with Gasteiger partial charge in [-0.3, -0.25) is 14.5 Å². The molecule has 178 valence electrons. The van der Waals surface area contributed by atoms with Gasteiger partial charge in [0.2, 0.25) is 0 Å². The van der Waals surface area contributed by atoms with E-state index in [1.165, 1.54) is 11.6 Å². The van der Waals surface area contributed by atoms with Crippen LogP contribution < -0.4 is 10.4 Å². The van der Waals surface area contributed by atoms with Crippen molar-refractivity contribution in [2.75, 3.05) is 7.11 Å². The molecule has 5 rings (SSSR count). The van der Waals surface area contributed by atoms with Crippen LogP contribution in [0, 0.1) is 0 Å². The van der Waals surface area contributed by atoms with E-state index < -0.39 is 11.9 Å². The molecule has 11 heteroatoms. The van der Waals surface area contributed by atoms with E-state index in [0.717, 1.165) is 17.3 Å². The predicted molar refractivity (Wildman–Crippen MR) is 123 cm³/mol. The Morgan fingerprint density at radius 3 is 2.57 bits per heavy atom. The van der Waals surface area contributed by atoms with Crippen LogP contribution in [0.4, 0.5) is 13.2 Å². The fourth-order valence-electron chi connectivity index (χ4n) is 3.93. The van der Waals surface area contributed by atoms with Gasteiger partial charge in [0.1, 0.15) is 11.6 Å². The Bertz CT molecular complexity index is 1580. The lowest BCUT2D eigenvalue weighted by molar-refractivity contribution is -0.140. The average molecular weight is 480 g/mol. The number of hydrogen-bond acceptors (Lipinski definition) is 5. The molecule has 0 bridgehead atoms. The number of fused-ring (bicyclic) bond motifs is 1. The number of hydrogen-bond donors (Lipinski definition) is 1. The number of ether oxygens (including phenoxy) is 1. The minimum atomic E-state index is -4.51. The number of nitrogens with one attached hydrogen (secondary N) is 1. The number of methoxy groups -OCH3 is 1. The van der Waals surface area contributed by atoms with Crippen LogP contribution in [0.15, 0.2) is 66.0 Å². The van der Waals surface area contributed by atoms with E-state index in [0.29, 0.717) is 28.0 Å². The molecule has 1 aromatic carbocycles. The molecule has 5 aromatic rings. The highest BCUT2D eigenvalue weighted by Crippen LogP contribution is 2.31. The molecule has 0 aliphatic heterocycles. The van der Waals surface area contributed by atoms with E-state index in [2.05, 4.69) is 19.9 Å². The van der Waals surface area contributed by atoms with Crippen molar-refractivity contribution in [1.82, 2.24) is 29.1 Å². The van der Waals surface area contributed by atoms with E-state index in [-0.39, 0.29) is 18.1 Å². The van der Waals surface area contributed by atoms with Gasteiger partial charge >= 0.3 is 11.9 Å². The molecule has 0 atom stereocenters. The van der Waals surface area contributed by atoms with Gasteiger partial charge in [0, 0.05) is 30.6 Å². The fraction of sp³-hybridized carbons (Fsp3) is 0.167. The molecule has 0 aliphatic rings. The van der Waals surface area contributed by atoms with Gasteiger partial charge in [-0.25, -0.2) is 9.78 Å². The highest BCUT2D eigenvalue weighted by Gasteiger charge is 2.34. The van der Waals surface area contributed by atoms with E-state index in [1.54, 1.807) is 66.7 Å². The third kappa shape index (κ3) is 4.16. The first-order valence-corrected chi connectivity index (χ1v) is 10.5. The summed E-state index contributed by atoms with van der Waals surface area (Å²) < 4.78 is 47.3. The molecule has 35 heavy (non-hydrogen) atoms. The van der Waals surface area contributed by atoms with Crippen LogP contribution in [-0.2, 0) is 19.8 Å². The number of pyridine rings is 2. The molecule has 0 saturated carbocycles. The summed E-state index contributed by atoms with van der Waals surface area (Å²) >= 11 is 0. The largest absolute Gasteiger partial charge is 0.494 e. The Labute approximate surface area is 196 Å². The molecular weight excluding hydrogens is 461 g/mol. The quantitative estimate of drug-likeness (QED) is 0.406. The lowest BCUT2D eigenvalue weighted by Crippen LogP contribution is -2.17. The number of rotatable bonds is 5. The molecule has 0 unspecified atom stereocenters. The maximum atomic E-state index is 13.0. The Balaban J connectivity index is 1.47. The average Bonchev–Trinajstić information content (AvgIpc) is 3.39. The van der Waals surface area contributed by atoms with E-state index in [9.17, 15) is 18.0 Å². The summed E-state index contributed by atoms with van der Waals surface area (Å²) in [6.45, 7) is 0.254. The minimum absolute atomic E-state index is 0.204. The van der Waals surface area contributed by atoms with Crippen molar-refractivity contribution in [3.63, 3.8) is 0 Å². The van der Waals surface area contributed by atoms with Crippen LogP contribution in [-0.4, -0.2) is 36.2 Å². The molecular formula is C24H19F3N6O2. The minimum Gasteiger partial charge on any atom is -0.494 e. The molecule has 0 amide bonds. The fourth-order valence-corrected chi connectivity index (χ4v) is 3.93. The SMILES string of the molecule is COc1cnccc1-c1cc2c(cn1)[nH]c(=O)n2Cc1ccc(-c2nc(C(F)(F)F)cn2C)cc1. The molecule has 1 N–H and O–H groups in total. The van der Waals surface area contributed by atoms with Crippen LogP contribution in [0.1, 0.15) is 11.3 Å². The highest BCUT2D eigenvalue weighted by atomic mass is 19.4. The Morgan fingerprint density at radius 2 is 1.89 bits per heavy atom. The Kier molecular flexibility index (Phi) is 5.39. The molecule has 8 nitrogen and oxygen atoms in total. The van der Waals surface area contributed by atoms with Crippen molar-refractivity contribution in [3.05, 3.63) is 82.9 Å². The van der Waals surface area contributed by atoms with Crippen LogP contribution in [0.25, 0.3) is 33.7 Å². The maximum absolute atomic E-state index is 13.0. The topological polar surface area (TPSA) is 90.6 Å². The second-order valence-electron chi connectivity index (χ2n) is 7.93. The third-order valence-electron chi connectivity index (χ3n) is 5.66. The monoisotopic (exact) mass is 480 g/mol. The summed E-state index contributed by atoms with van der Waals surface area (Å²) in [5, 5.41) is 0. The van der Waals surface area contributed by atoms with Gasteiger partial charge < -0.3 is 14.3 Å². The van der Waals surface area contributed by atoms with Gasteiger partial charge in [-0.05, 0) is 17.7 Å². The normalized spacial score (nSPS) is 11.8. The maximum Gasteiger partial charge on any atom is 0.434 e. The van der Waals surface area contributed by atoms with Crippen molar-refractivity contribution in [3.8, 4) is 28.4 Å². The van der Waals surface area contributed by atoms with Crippen molar-refractivity contribution in [2.45, 2.75) is 12.7 Å². The van der Waals surface area contributed by atoms with Gasteiger partial charge in [-0.1, -0.05) is 24.3 Å². The summed E-state index contributed by atoms with van der Waals surface area (Å²) in [6, 6.07) is 10.5. The molecule has 4 aromatic heterocycles. The van der Waals surface area contributed by atoms with E-state index in [1.807, 2.05) is 0 Å². The van der Waals surface area contributed by atoms with Gasteiger partial charge in [-0.15, -0.1) is 0 Å². The Hall–Kier alpha value is -4.41. The standard InChI is InChI=1S/C24H19F3N6O2/c1-32-13-21(24(25,26)27)31-22(32)15-5-3-14(4-6-15)12-33-19-9-17(29-10-18(19)30-23(33)34)16-7-8-28-11-20(16)35-2/h3-11,13H,12H2,1-2H3,(H,30,34). The number of aryl methyl sites for hydroxylation is 1. The first kappa shape index (κ1) is 22.4.